The van der Waals surface area contributed by atoms with Crippen LogP contribution < -0.4 is 20.2 Å². The molecule has 0 saturated carbocycles. The quantitative estimate of drug-likeness (QED) is 0.371. The summed E-state index contributed by atoms with van der Waals surface area (Å²) in [5.41, 5.74) is 4.73. The Kier molecular flexibility index (Phi) is 9.33. The summed E-state index contributed by atoms with van der Waals surface area (Å²) in [6.07, 6.45) is 0.0854. The molecule has 1 atom stereocenters. The van der Waals surface area contributed by atoms with E-state index in [4.69, 9.17) is 9.47 Å². The van der Waals surface area contributed by atoms with Gasteiger partial charge < -0.3 is 19.9 Å². The highest BCUT2D eigenvalue weighted by atomic mass is 16.5. The lowest BCUT2D eigenvalue weighted by Gasteiger charge is -2.16. The summed E-state index contributed by atoms with van der Waals surface area (Å²) in [7, 11) is 0. The van der Waals surface area contributed by atoms with Crippen LogP contribution in [-0.2, 0) is 6.42 Å². The molecule has 2 aromatic rings. The number of ether oxygens (including phenoxy) is 2. The maximum atomic E-state index is 10.0. The molecule has 0 radical (unpaired) electrons. The predicted octanol–water partition coefficient (Wildman–Crippen LogP) is 2.64. The predicted molar refractivity (Wildman–Crippen MR) is 115 cm³/mol. The standard InChI is InChI=1S/C21H31N5O3/c1-15(2)22-13-18(27)14-29-19-8-6-5-7-17(19)11-12-28-21-10-9-20(25-26-21)24-23-16(3)4/h5-10,15,18,22,27H,11-14H2,1-4H3,(H,24,25). The lowest BCUT2D eigenvalue weighted by Crippen LogP contribution is -2.35. The number of aliphatic hydroxyl groups is 1. The topological polar surface area (TPSA) is 101 Å². The molecule has 2 rings (SSSR count). The molecule has 8 heteroatoms. The van der Waals surface area contributed by atoms with Gasteiger partial charge in [-0.15, -0.1) is 10.2 Å². The largest absolute Gasteiger partial charge is 0.491 e. The van der Waals surface area contributed by atoms with E-state index in [0.717, 1.165) is 17.0 Å². The number of hydrogen-bond donors (Lipinski definition) is 3. The second kappa shape index (κ2) is 12.0. The Morgan fingerprint density at radius 2 is 1.90 bits per heavy atom. The molecule has 0 aliphatic carbocycles. The number of rotatable bonds is 12. The van der Waals surface area contributed by atoms with Gasteiger partial charge >= 0.3 is 0 Å². The third kappa shape index (κ3) is 8.89. The van der Waals surface area contributed by atoms with Crippen LogP contribution in [0.25, 0.3) is 0 Å². The highest BCUT2D eigenvalue weighted by molar-refractivity contribution is 5.79. The fourth-order valence-electron chi connectivity index (χ4n) is 2.36. The van der Waals surface area contributed by atoms with E-state index in [0.29, 0.717) is 37.3 Å². The van der Waals surface area contributed by atoms with Gasteiger partial charge in [0.2, 0.25) is 5.88 Å². The van der Waals surface area contributed by atoms with Gasteiger partial charge in [0.1, 0.15) is 18.5 Å². The van der Waals surface area contributed by atoms with Gasteiger partial charge in [0.15, 0.2) is 5.82 Å². The molecule has 0 amide bonds. The van der Waals surface area contributed by atoms with Crippen LogP contribution in [0.2, 0.25) is 0 Å². The van der Waals surface area contributed by atoms with Crippen molar-refractivity contribution in [3.63, 3.8) is 0 Å². The van der Waals surface area contributed by atoms with Gasteiger partial charge in [-0.05, 0) is 31.5 Å². The maximum Gasteiger partial charge on any atom is 0.233 e. The van der Waals surface area contributed by atoms with Crippen LogP contribution in [0, 0.1) is 0 Å². The molecule has 3 N–H and O–H groups in total. The number of benzene rings is 1. The molecule has 0 aliphatic rings. The van der Waals surface area contributed by atoms with E-state index in [1.54, 1.807) is 12.1 Å². The highest BCUT2D eigenvalue weighted by Gasteiger charge is 2.09. The number of nitrogens with zero attached hydrogens (tertiary/aromatic N) is 3. The first-order valence-electron chi connectivity index (χ1n) is 9.79. The molecule has 1 unspecified atom stereocenters. The number of para-hydroxylation sites is 1. The average molecular weight is 402 g/mol. The summed E-state index contributed by atoms with van der Waals surface area (Å²) in [5, 5.41) is 25.3. The van der Waals surface area contributed by atoms with Crippen molar-refractivity contribution < 1.29 is 14.6 Å². The summed E-state index contributed by atoms with van der Waals surface area (Å²) in [6.45, 7) is 9.03. The summed E-state index contributed by atoms with van der Waals surface area (Å²) in [5.74, 6) is 1.75. The molecule has 0 aliphatic heterocycles. The Labute approximate surface area is 172 Å². The van der Waals surface area contributed by atoms with E-state index < -0.39 is 6.10 Å². The van der Waals surface area contributed by atoms with Crippen molar-refractivity contribution in [1.29, 1.82) is 0 Å². The first-order valence-corrected chi connectivity index (χ1v) is 9.79. The molecule has 0 fully saturated rings. The van der Waals surface area contributed by atoms with Gasteiger partial charge in [-0.2, -0.15) is 5.10 Å². The minimum absolute atomic E-state index is 0.233. The Balaban J connectivity index is 1.81. The number of aliphatic hydroxyl groups excluding tert-OH is 1. The average Bonchev–Trinajstić information content (AvgIpc) is 2.71. The molecular formula is C21H31N5O3. The van der Waals surface area contributed by atoms with Gasteiger partial charge in [-0.1, -0.05) is 32.0 Å². The van der Waals surface area contributed by atoms with Crippen LogP contribution in [0.1, 0.15) is 33.3 Å². The smallest absolute Gasteiger partial charge is 0.233 e. The number of anilines is 1. The van der Waals surface area contributed by atoms with Crippen molar-refractivity contribution in [1.82, 2.24) is 15.5 Å². The molecule has 0 bridgehead atoms. The SMILES string of the molecule is CC(C)=NNc1ccc(OCCc2ccccc2OCC(O)CNC(C)C)nn1. The normalized spacial score (nSPS) is 11.8. The first-order chi connectivity index (χ1) is 13.9. The van der Waals surface area contributed by atoms with E-state index >= 15 is 0 Å². The van der Waals surface area contributed by atoms with Gasteiger partial charge in [0.05, 0.1) is 6.61 Å². The highest BCUT2D eigenvalue weighted by Crippen LogP contribution is 2.19. The minimum Gasteiger partial charge on any atom is -0.491 e. The van der Waals surface area contributed by atoms with Crippen molar-refractivity contribution in [2.24, 2.45) is 5.10 Å². The van der Waals surface area contributed by atoms with Crippen LogP contribution in [0.15, 0.2) is 41.5 Å². The lowest BCUT2D eigenvalue weighted by atomic mass is 10.1. The second-order valence-electron chi connectivity index (χ2n) is 7.16. The molecule has 29 heavy (non-hydrogen) atoms. The zero-order valence-electron chi connectivity index (χ0n) is 17.6. The fourth-order valence-corrected chi connectivity index (χ4v) is 2.36. The number of hydrogen-bond acceptors (Lipinski definition) is 8. The van der Waals surface area contributed by atoms with E-state index in [9.17, 15) is 5.11 Å². The van der Waals surface area contributed by atoms with Crippen LogP contribution in [0.3, 0.4) is 0 Å². The first kappa shape index (κ1) is 22.6. The molecule has 0 saturated heterocycles. The number of nitrogens with one attached hydrogen (secondary N) is 2. The third-order valence-electron chi connectivity index (χ3n) is 3.82. The van der Waals surface area contributed by atoms with Crippen molar-refractivity contribution in [3.8, 4) is 11.6 Å². The zero-order valence-corrected chi connectivity index (χ0v) is 17.6. The van der Waals surface area contributed by atoms with Gasteiger partial charge in [0, 0.05) is 30.8 Å². The Morgan fingerprint density at radius 1 is 1.10 bits per heavy atom. The molecule has 1 aromatic carbocycles. The third-order valence-corrected chi connectivity index (χ3v) is 3.82. The van der Waals surface area contributed by atoms with E-state index in [-0.39, 0.29) is 6.61 Å². The van der Waals surface area contributed by atoms with E-state index in [1.807, 2.05) is 52.0 Å². The van der Waals surface area contributed by atoms with Crippen LogP contribution >= 0.6 is 0 Å². The van der Waals surface area contributed by atoms with Crippen LogP contribution in [0.5, 0.6) is 11.6 Å². The van der Waals surface area contributed by atoms with Crippen molar-refractivity contribution >= 4 is 11.5 Å². The van der Waals surface area contributed by atoms with Gasteiger partial charge in [0.25, 0.3) is 0 Å². The Morgan fingerprint density at radius 3 is 2.59 bits per heavy atom. The van der Waals surface area contributed by atoms with Gasteiger partial charge in [-0.3, -0.25) is 5.43 Å². The summed E-state index contributed by atoms with van der Waals surface area (Å²) in [4.78, 5) is 0. The van der Waals surface area contributed by atoms with Crippen LogP contribution in [-0.4, -0.2) is 52.9 Å². The van der Waals surface area contributed by atoms with E-state index in [1.165, 1.54) is 0 Å². The fraction of sp³-hybridized carbons (Fsp3) is 0.476. The number of aromatic nitrogens is 2. The minimum atomic E-state index is -0.565. The van der Waals surface area contributed by atoms with Crippen molar-refractivity contribution in [2.45, 2.75) is 46.3 Å². The summed E-state index contributed by atoms with van der Waals surface area (Å²) in [6, 6.07) is 11.6. The summed E-state index contributed by atoms with van der Waals surface area (Å²) < 4.78 is 11.5. The van der Waals surface area contributed by atoms with Gasteiger partial charge in [-0.25, -0.2) is 0 Å². The molecular weight excluding hydrogens is 370 g/mol. The second-order valence-corrected chi connectivity index (χ2v) is 7.16. The Bertz CT molecular complexity index is 761. The maximum absolute atomic E-state index is 10.0. The monoisotopic (exact) mass is 401 g/mol. The molecule has 158 valence electrons. The zero-order chi connectivity index (χ0) is 21.1. The van der Waals surface area contributed by atoms with Crippen molar-refractivity contribution in [3.05, 3.63) is 42.0 Å². The van der Waals surface area contributed by atoms with Crippen molar-refractivity contribution in [2.75, 3.05) is 25.2 Å². The molecule has 1 aromatic heterocycles. The molecule has 8 nitrogen and oxygen atoms in total. The lowest BCUT2D eigenvalue weighted by molar-refractivity contribution is 0.104. The molecule has 0 spiro atoms. The molecule has 1 heterocycles. The summed E-state index contributed by atoms with van der Waals surface area (Å²) >= 11 is 0. The van der Waals surface area contributed by atoms with E-state index in [2.05, 4.69) is 26.0 Å². The number of hydrazone groups is 1. The van der Waals surface area contributed by atoms with Crippen LogP contribution in [0.4, 0.5) is 5.82 Å². The Hall–Kier alpha value is -2.71.